The highest BCUT2D eigenvalue weighted by Crippen LogP contribution is 2.18. The van der Waals surface area contributed by atoms with E-state index in [1.165, 1.54) is 5.56 Å². The summed E-state index contributed by atoms with van der Waals surface area (Å²) in [5.41, 5.74) is 3.09. The lowest BCUT2D eigenvalue weighted by Gasteiger charge is -2.20. The third-order valence-electron chi connectivity index (χ3n) is 3.62. The molecule has 1 aromatic carbocycles. The van der Waals surface area contributed by atoms with Crippen LogP contribution < -0.4 is 16.0 Å². The van der Waals surface area contributed by atoms with E-state index in [1.807, 2.05) is 26.0 Å². The van der Waals surface area contributed by atoms with Gasteiger partial charge in [0.2, 0.25) is 5.91 Å². The Bertz CT molecular complexity index is 526. The summed E-state index contributed by atoms with van der Waals surface area (Å²) in [6, 6.07) is 5.84. The molecule has 0 unspecified atom stereocenters. The van der Waals surface area contributed by atoms with Crippen LogP contribution in [0.3, 0.4) is 0 Å². The highest BCUT2D eigenvalue weighted by atomic mass is 16.2. The fraction of sp³-hybridized carbons (Fsp3) is 0.500. The fourth-order valence-corrected chi connectivity index (χ4v) is 2.41. The number of rotatable bonds is 5. The molecule has 5 heteroatoms. The molecule has 1 aromatic rings. The van der Waals surface area contributed by atoms with E-state index in [0.29, 0.717) is 13.1 Å². The molecule has 0 atom stereocenters. The zero-order valence-corrected chi connectivity index (χ0v) is 12.7. The van der Waals surface area contributed by atoms with Gasteiger partial charge in [-0.3, -0.25) is 9.59 Å². The van der Waals surface area contributed by atoms with Crippen LogP contribution in [0, 0.1) is 5.92 Å². The van der Waals surface area contributed by atoms with Crippen molar-refractivity contribution in [2.75, 3.05) is 19.6 Å². The summed E-state index contributed by atoms with van der Waals surface area (Å²) in [5, 5.41) is 8.96. The summed E-state index contributed by atoms with van der Waals surface area (Å²) >= 11 is 0. The molecule has 2 amide bonds. The van der Waals surface area contributed by atoms with Crippen LogP contribution in [-0.2, 0) is 17.8 Å². The Morgan fingerprint density at radius 1 is 1.24 bits per heavy atom. The molecular formula is C16H23N3O2. The van der Waals surface area contributed by atoms with Crippen molar-refractivity contribution in [2.45, 2.75) is 26.8 Å². The second kappa shape index (κ2) is 7.22. The molecule has 0 saturated carbocycles. The molecule has 0 aromatic heterocycles. The Morgan fingerprint density at radius 2 is 2.00 bits per heavy atom. The van der Waals surface area contributed by atoms with Crippen molar-refractivity contribution < 1.29 is 9.59 Å². The first-order valence-corrected chi connectivity index (χ1v) is 7.47. The molecule has 0 radical (unpaired) electrons. The number of benzene rings is 1. The molecule has 0 bridgehead atoms. The number of hydrogen-bond acceptors (Lipinski definition) is 3. The van der Waals surface area contributed by atoms with Gasteiger partial charge in [0.05, 0.1) is 0 Å². The van der Waals surface area contributed by atoms with Crippen molar-refractivity contribution in [1.29, 1.82) is 0 Å². The normalized spacial score (nSPS) is 13.7. The van der Waals surface area contributed by atoms with Gasteiger partial charge in [-0.15, -0.1) is 0 Å². The number of hydrogen-bond donors (Lipinski definition) is 3. The molecule has 21 heavy (non-hydrogen) atoms. The van der Waals surface area contributed by atoms with Gasteiger partial charge < -0.3 is 16.0 Å². The molecule has 1 heterocycles. The minimum Gasteiger partial charge on any atom is -0.354 e. The zero-order valence-electron chi connectivity index (χ0n) is 12.7. The van der Waals surface area contributed by atoms with E-state index >= 15 is 0 Å². The number of amides is 2. The van der Waals surface area contributed by atoms with Crippen molar-refractivity contribution in [2.24, 2.45) is 5.92 Å². The Balaban J connectivity index is 1.88. The first kappa shape index (κ1) is 15.5. The van der Waals surface area contributed by atoms with E-state index in [2.05, 4.69) is 22.0 Å². The molecule has 0 aliphatic carbocycles. The van der Waals surface area contributed by atoms with Gasteiger partial charge in [0, 0.05) is 31.1 Å². The SMILES string of the molecule is CC(C)C(=O)NCCNC(=O)c1cccc2c1CCNC2. The minimum atomic E-state index is -0.0625. The van der Waals surface area contributed by atoms with Gasteiger partial charge in [-0.1, -0.05) is 26.0 Å². The van der Waals surface area contributed by atoms with Gasteiger partial charge in [0.15, 0.2) is 0 Å². The van der Waals surface area contributed by atoms with Gasteiger partial charge in [0.1, 0.15) is 0 Å². The predicted molar refractivity (Wildman–Crippen MR) is 82.0 cm³/mol. The van der Waals surface area contributed by atoms with Gasteiger partial charge in [-0.05, 0) is 30.2 Å². The molecule has 0 saturated heterocycles. The molecule has 3 N–H and O–H groups in total. The van der Waals surface area contributed by atoms with Crippen molar-refractivity contribution in [3.63, 3.8) is 0 Å². The van der Waals surface area contributed by atoms with Crippen LogP contribution in [0.15, 0.2) is 18.2 Å². The quantitative estimate of drug-likeness (QED) is 0.703. The van der Waals surface area contributed by atoms with Crippen molar-refractivity contribution >= 4 is 11.8 Å². The first-order chi connectivity index (χ1) is 10.1. The lowest BCUT2D eigenvalue weighted by Crippen LogP contribution is -2.37. The summed E-state index contributed by atoms with van der Waals surface area (Å²) in [7, 11) is 0. The van der Waals surface area contributed by atoms with E-state index in [-0.39, 0.29) is 17.7 Å². The maximum atomic E-state index is 12.3. The highest BCUT2D eigenvalue weighted by Gasteiger charge is 2.16. The molecule has 0 fully saturated rings. The van der Waals surface area contributed by atoms with Gasteiger partial charge >= 0.3 is 0 Å². The average Bonchev–Trinajstić information content (AvgIpc) is 2.50. The van der Waals surface area contributed by atoms with E-state index in [9.17, 15) is 9.59 Å². The topological polar surface area (TPSA) is 70.2 Å². The lowest BCUT2D eigenvalue weighted by molar-refractivity contribution is -0.123. The number of carbonyl (C=O) groups is 2. The van der Waals surface area contributed by atoms with Crippen LogP contribution in [0.1, 0.15) is 35.3 Å². The molecule has 1 aliphatic rings. The third-order valence-corrected chi connectivity index (χ3v) is 3.62. The molecule has 2 rings (SSSR count). The van der Waals surface area contributed by atoms with Gasteiger partial charge in [0.25, 0.3) is 5.91 Å². The van der Waals surface area contributed by atoms with Crippen LogP contribution >= 0.6 is 0 Å². The van der Waals surface area contributed by atoms with E-state index in [0.717, 1.165) is 30.6 Å². The predicted octanol–water partition coefficient (Wildman–Crippen LogP) is 0.834. The summed E-state index contributed by atoms with van der Waals surface area (Å²) < 4.78 is 0. The van der Waals surface area contributed by atoms with Crippen molar-refractivity contribution in [3.05, 3.63) is 34.9 Å². The largest absolute Gasteiger partial charge is 0.354 e. The van der Waals surface area contributed by atoms with Crippen LogP contribution in [-0.4, -0.2) is 31.4 Å². The fourth-order valence-electron chi connectivity index (χ4n) is 2.41. The number of nitrogens with one attached hydrogen (secondary N) is 3. The Kier molecular flexibility index (Phi) is 5.33. The van der Waals surface area contributed by atoms with Crippen LogP contribution in [0.2, 0.25) is 0 Å². The molecule has 0 spiro atoms. The maximum absolute atomic E-state index is 12.3. The summed E-state index contributed by atoms with van der Waals surface area (Å²) in [6.07, 6.45) is 0.878. The molecular weight excluding hydrogens is 266 g/mol. The van der Waals surface area contributed by atoms with E-state index < -0.39 is 0 Å². The Hall–Kier alpha value is -1.88. The lowest BCUT2D eigenvalue weighted by atomic mass is 9.95. The summed E-state index contributed by atoms with van der Waals surface area (Å²) in [6.45, 7) is 6.32. The summed E-state index contributed by atoms with van der Waals surface area (Å²) in [4.78, 5) is 23.7. The molecule has 1 aliphatic heterocycles. The monoisotopic (exact) mass is 289 g/mol. The summed E-state index contributed by atoms with van der Waals surface area (Å²) in [5.74, 6) is -0.0886. The van der Waals surface area contributed by atoms with Crippen molar-refractivity contribution in [3.8, 4) is 0 Å². The maximum Gasteiger partial charge on any atom is 0.251 e. The third kappa shape index (κ3) is 4.04. The zero-order chi connectivity index (χ0) is 15.2. The van der Waals surface area contributed by atoms with Crippen LogP contribution in [0.25, 0.3) is 0 Å². The van der Waals surface area contributed by atoms with Crippen molar-refractivity contribution in [1.82, 2.24) is 16.0 Å². The Morgan fingerprint density at radius 3 is 2.76 bits per heavy atom. The Labute approximate surface area is 125 Å². The van der Waals surface area contributed by atoms with Gasteiger partial charge in [-0.2, -0.15) is 0 Å². The molecule has 5 nitrogen and oxygen atoms in total. The first-order valence-electron chi connectivity index (χ1n) is 7.47. The second-order valence-corrected chi connectivity index (χ2v) is 5.57. The highest BCUT2D eigenvalue weighted by molar-refractivity contribution is 5.96. The standard InChI is InChI=1S/C16H23N3O2/c1-11(2)15(20)18-8-9-19-16(21)14-5-3-4-12-10-17-7-6-13(12)14/h3-5,11,17H,6-10H2,1-2H3,(H,18,20)(H,19,21). The molecule has 114 valence electrons. The second-order valence-electron chi connectivity index (χ2n) is 5.57. The average molecular weight is 289 g/mol. The van der Waals surface area contributed by atoms with E-state index in [4.69, 9.17) is 0 Å². The smallest absolute Gasteiger partial charge is 0.251 e. The van der Waals surface area contributed by atoms with Gasteiger partial charge in [-0.25, -0.2) is 0 Å². The number of carbonyl (C=O) groups excluding carboxylic acids is 2. The number of fused-ring (bicyclic) bond motifs is 1. The minimum absolute atomic E-state index is 0.00686. The van der Waals surface area contributed by atoms with Crippen LogP contribution in [0.4, 0.5) is 0 Å². The van der Waals surface area contributed by atoms with E-state index in [1.54, 1.807) is 0 Å². The van der Waals surface area contributed by atoms with Crippen LogP contribution in [0.5, 0.6) is 0 Å².